The summed E-state index contributed by atoms with van der Waals surface area (Å²) >= 11 is 0. The minimum atomic E-state index is 0.578. The summed E-state index contributed by atoms with van der Waals surface area (Å²) in [7, 11) is 0. The highest BCUT2D eigenvalue weighted by Crippen LogP contribution is 2.41. The molecule has 228 valence electrons. The van der Waals surface area contributed by atoms with Gasteiger partial charge in [0.1, 0.15) is 0 Å². The molecule has 0 N–H and O–H groups in total. The van der Waals surface area contributed by atoms with Crippen LogP contribution >= 0.6 is 0 Å². The highest BCUT2D eigenvalue weighted by Gasteiger charge is 2.19. The maximum atomic E-state index is 10.3. The summed E-state index contributed by atoms with van der Waals surface area (Å²) in [5.74, 6) is 0. The van der Waals surface area contributed by atoms with Crippen molar-refractivity contribution in [1.29, 1.82) is 10.5 Å². The molecule has 2 heterocycles. The number of aromatic nitrogens is 2. The molecule has 0 aliphatic carbocycles. The summed E-state index contributed by atoms with van der Waals surface area (Å²) in [6, 6.07) is 57.3. The second-order valence-corrected chi connectivity index (χ2v) is 12.5. The van der Waals surface area contributed by atoms with Gasteiger partial charge in [-0.1, -0.05) is 96.6 Å². The highest BCUT2D eigenvalue weighted by molar-refractivity contribution is 6.11. The van der Waals surface area contributed by atoms with Crippen LogP contribution in [-0.4, -0.2) is 9.13 Å². The topological polar surface area (TPSA) is 57.4 Å². The first-order chi connectivity index (χ1) is 24.1. The van der Waals surface area contributed by atoms with Gasteiger partial charge in [-0.2, -0.15) is 10.5 Å². The smallest absolute Gasteiger partial charge is 0.0992 e. The predicted octanol–water partition coefficient (Wildman–Crippen LogP) is 11.3. The number of hydrogen-bond donors (Lipinski definition) is 0. The average molecular weight is 625 g/mol. The number of nitrogens with zero attached hydrogens (tertiary/aromatic N) is 4. The number of para-hydroxylation sites is 4. The molecule has 49 heavy (non-hydrogen) atoms. The molecular weight excluding hydrogens is 597 g/mol. The van der Waals surface area contributed by atoms with E-state index in [4.69, 9.17) is 0 Å². The van der Waals surface area contributed by atoms with Gasteiger partial charge < -0.3 is 9.13 Å². The van der Waals surface area contributed by atoms with Gasteiger partial charge in [0, 0.05) is 32.8 Å². The Hall–Kier alpha value is -6.88. The van der Waals surface area contributed by atoms with Crippen molar-refractivity contribution in [2.75, 3.05) is 0 Å². The zero-order chi connectivity index (χ0) is 33.1. The summed E-state index contributed by atoms with van der Waals surface area (Å²) in [6.45, 7) is 2.13. The van der Waals surface area contributed by atoms with Crippen molar-refractivity contribution in [1.82, 2.24) is 9.13 Å². The van der Waals surface area contributed by atoms with Crippen LogP contribution in [0, 0.1) is 29.6 Å². The SMILES string of the molecule is Cc1ccc(-c2cc(C#N)cc(-n3c4ccccc4c4cc(C#N)ccc43)c2)c(-c2ccccc2-n2c3ccccc3c3ccccc32)c1. The first-order valence-corrected chi connectivity index (χ1v) is 16.3. The second kappa shape index (κ2) is 11.1. The summed E-state index contributed by atoms with van der Waals surface area (Å²) in [5.41, 5.74) is 12.9. The Morgan fingerprint density at radius 1 is 0.429 bits per heavy atom. The molecule has 0 amide bonds. The van der Waals surface area contributed by atoms with E-state index in [1.165, 1.54) is 10.8 Å². The van der Waals surface area contributed by atoms with E-state index in [0.717, 1.165) is 72.0 Å². The summed E-state index contributed by atoms with van der Waals surface area (Å²) in [4.78, 5) is 0. The summed E-state index contributed by atoms with van der Waals surface area (Å²) < 4.78 is 4.58. The molecule has 9 rings (SSSR count). The quantitative estimate of drug-likeness (QED) is 0.196. The van der Waals surface area contributed by atoms with Crippen molar-refractivity contribution >= 4 is 43.6 Å². The predicted molar refractivity (Wildman–Crippen MR) is 200 cm³/mol. The molecule has 0 saturated carbocycles. The number of benzene rings is 7. The van der Waals surface area contributed by atoms with Gasteiger partial charge in [0.25, 0.3) is 0 Å². The third kappa shape index (κ3) is 4.43. The summed E-state index contributed by atoms with van der Waals surface area (Å²) in [5, 5.41) is 24.5. The van der Waals surface area contributed by atoms with Gasteiger partial charge in [-0.15, -0.1) is 0 Å². The van der Waals surface area contributed by atoms with E-state index in [1.807, 2.05) is 42.5 Å². The van der Waals surface area contributed by atoms with Crippen LogP contribution in [-0.2, 0) is 0 Å². The largest absolute Gasteiger partial charge is 0.309 e. The fourth-order valence-electron chi connectivity index (χ4n) is 7.49. The Kier molecular flexibility index (Phi) is 6.44. The first kappa shape index (κ1) is 28.4. The molecule has 0 spiro atoms. The molecule has 4 nitrogen and oxygen atoms in total. The van der Waals surface area contributed by atoms with Gasteiger partial charge in [-0.25, -0.2) is 0 Å². The number of nitriles is 2. The highest BCUT2D eigenvalue weighted by atomic mass is 15.0. The average Bonchev–Trinajstić information content (AvgIpc) is 3.67. The van der Waals surface area contributed by atoms with Crippen LogP contribution < -0.4 is 0 Å². The van der Waals surface area contributed by atoms with Gasteiger partial charge in [0.15, 0.2) is 0 Å². The first-order valence-electron chi connectivity index (χ1n) is 16.3. The standard InChI is InChI=1S/C45H28N4/c1-29-18-20-34(39(22-29)37-12-4-9-17-44(37)49-42-15-7-2-10-35(42)36-11-3-8-16-43(36)49)32-23-31(28-47)24-33(26-32)48-41-14-6-5-13-38(41)40-25-30(27-46)19-21-45(40)48/h2-26H,1H3. The van der Waals surface area contributed by atoms with E-state index in [9.17, 15) is 10.5 Å². The lowest BCUT2D eigenvalue weighted by Crippen LogP contribution is -1.99. The van der Waals surface area contributed by atoms with Crippen molar-refractivity contribution in [3.63, 3.8) is 0 Å². The van der Waals surface area contributed by atoms with E-state index < -0.39 is 0 Å². The van der Waals surface area contributed by atoms with Gasteiger partial charge in [-0.05, 0) is 84.3 Å². The van der Waals surface area contributed by atoms with Crippen molar-refractivity contribution in [2.24, 2.45) is 0 Å². The maximum Gasteiger partial charge on any atom is 0.0992 e. The molecule has 0 unspecified atom stereocenters. The number of aryl methyl sites for hydroxylation is 1. The Labute approximate surface area is 283 Å². The molecule has 0 aliphatic rings. The maximum absolute atomic E-state index is 10.3. The molecule has 2 aromatic heterocycles. The Balaban J connectivity index is 1.30. The Morgan fingerprint density at radius 2 is 1.02 bits per heavy atom. The number of fused-ring (bicyclic) bond motifs is 6. The molecule has 0 fully saturated rings. The van der Waals surface area contributed by atoms with Gasteiger partial charge in [-0.3, -0.25) is 0 Å². The summed E-state index contributed by atoms with van der Waals surface area (Å²) in [6.07, 6.45) is 0. The Bertz CT molecular complexity index is 2820. The van der Waals surface area contributed by atoms with Crippen molar-refractivity contribution in [3.8, 4) is 45.8 Å². The molecule has 0 saturated heterocycles. The molecule has 0 radical (unpaired) electrons. The monoisotopic (exact) mass is 624 g/mol. The van der Waals surface area contributed by atoms with Crippen molar-refractivity contribution < 1.29 is 0 Å². The van der Waals surface area contributed by atoms with Crippen LogP contribution in [0.3, 0.4) is 0 Å². The molecule has 0 aliphatic heterocycles. The van der Waals surface area contributed by atoms with Crippen molar-refractivity contribution in [3.05, 3.63) is 168 Å². The molecule has 0 atom stereocenters. The van der Waals surface area contributed by atoms with Crippen LogP contribution in [0.5, 0.6) is 0 Å². The molecule has 0 bridgehead atoms. The molecule has 7 aromatic carbocycles. The second-order valence-electron chi connectivity index (χ2n) is 12.5. The number of rotatable bonds is 4. The van der Waals surface area contributed by atoms with E-state index in [2.05, 4.69) is 137 Å². The van der Waals surface area contributed by atoms with Gasteiger partial charge in [0.2, 0.25) is 0 Å². The zero-order valence-electron chi connectivity index (χ0n) is 26.7. The minimum absolute atomic E-state index is 0.578. The number of hydrogen-bond acceptors (Lipinski definition) is 2. The van der Waals surface area contributed by atoms with Gasteiger partial charge >= 0.3 is 0 Å². The van der Waals surface area contributed by atoms with E-state index in [-0.39, 0.29) is 0 Å². The van der Waals surface area contributed by atoms with Crippen molar-refractivity contribution in [2.45, 2.75) is 6.92 Å². The lowest BCUT2D eigenvalue weighted by Gasteiger charge is -2.18. The fraction of sp³-hybridized carbons (Fsp3) is 0.0222. The lowest BCUT2D eigenvalue weighted by molar-refractivity contribution is 1.17. The van der Waals surface area contributed by atoms with Crippen LogP contribution in [0.4, 0.5) is 0 Å². The minimum Gasteiger partial charge on any atom is -0.309 e. The molecule has 4 heteroatoms. The third-order valence-corrected chi connectivity index (χ3v) is 9.61. The lowest BCUT2D eigenvalue weighted by atomic mass is 9.91. The van der Waals surface area contributed by atoms with Crippen LogP contribution in [0.25, 0.3) is 77.2 Å². The van der Waals surface area contributed by atoms with Crippen LogP contribution in [0.15, 0.2) is 152 Å². The molecule has 9 aromatic rings. The molecular formula is C45H28N4. The van der Waals surface area contributed by atoms with E-state index >= 15 is 0 Å². The van der Waals surface area contributed by atoms with Crippen LogP contribution in [0.2, 0.25) is 0 Å². The van der Waals surface area contributed by atoms with Gasteiger partial charge in [0.05, 0.1) is 51.0 Å². The van der Waals surface area contributed by atoms with Crippen LogP contribution in [0.1, 0.15) is 16.7 Å². The fourth-order valence-corrected chi connectivity index (χ4v) is 7.49. The third-order valence-electron chi connectivity index (χ3n) is 9.61. The van der Waals surface area contributed by atoms with E-state index in [0.29, 0.717) is 11.1 Å². The normalized spacial score (nSPS) is 11.3. The Morgan fingerprint density at radius 3 is 1.71 bits per heavy atom. The van der Waals surface area contributed by atoms with E-state index in [1.54, 1.807) is 0 Å². The zero-order valence-corrected chi connectivity index (χ0v) is 26.7.